The van der Waals surface area contributed by atoms with E-state index in [0.717, 1.165) is 11.1 Å². The standard InChI is InChI=1S/C15H14BrF2NO/c1-9-3-4-14(20-2)10(5-9)8-19-15-12(17)6-11(16)7-13(15)18/h3-7,19H,8H2,1-2H3. The van der Waals surface area contributed by atoms with Crippen molar-refractivity contribution in [1.82, 2.24) is 0 Å². The lowest BCUT2D eigenvalue weighted by atomic mass is 10.1. The summed E-state index contributed by atoms with van der Waals surface area (Å²) in [6.45, 7) is 2.23. The van der Waals surface area contributed by atoms with Gasteiger partial charge in [0.05, 0.1) is 7.11 Å². The van der Waals surface area contributed by atoms with Gasteiger partial charge in [0.25, 0.3) is 0 Å². The zero-order chi connectivity index (χ0) is 14.7. The Morgan fingerprint density at radius 3 is 2.40 bits per heavy atom. The van der Waals surface area contributed by atoms with Gasteiger partial charge < -0.3 is 10.1 Å². The quantitative estimate of drug-likeness (QED) is 0.873. The van der Waals surface area contributed by atoms with Crippen molar-refractivity contribution < 1.29 is 13.5 Å². The SMILES string of the molecule is COc1ccc(C)cc1CNc1c(F)cc(Br)cc1F. The van der Waals surface area contributed by atoms with Crippen LogP contribution in [0.5, 0.6) is 5.75 Å². The van der Waals surface area contributed by atoms with Crippen LogP contribution < -0.4 is 10.1 Å². The molecule has 0 unspecified atom stereocenters. The number of halogens is 3. The molecule has 0 fully saturated rings. The maximum Gasteiger partial charge on any atom is 0.150 e. The van der Waals surface area contributed by atoms with Crippen LogP contribution in [-0.4, -0.2) is 7.11 Å². The van der Waals surface area contributed by atoms with Crippen molar-refractivity contribution in [3.05, 3.63) is 57.6 Å². The molecule has 0 saturated carbocycles. The van der Waals surface area contributed by atoms with E-state index in [1.54, 1.807) is 7.11 Å². The molecular formula is C15H14BrF2NO. The second kappa shape index (κ2) is 6.22. The number of anilines is 1. The van der Waals surface area contributed by atoms with E-state index in [4.69, 9.17) is 4.74 Å². The molecule has 20 heavy (non-hydrogen) atoms. The lowest BCUT2D eigenvalue weighted by molar-refractivity contribution is 0.410. The van der Waals surface area contributed by atoms with Gasteiger partial charge in [0.1, 0.15) is 23.1 Å². The third kappa shape index (κ3) is 3.28. The monoisotopic (exact) mass is 341 g/mol. The highest BCUT2D eigenvalue weighted by Crippen LogP contribution is 2.26. The number of ether oxygens (including phenoxy) is 1. The number of hydrogen-bond donors (Lipinski definition) is 1. The molecule has 0 aliphatic heterocycles. The van der Waals surface area contributed by atoms with Crippen molar-refractivity contribution in [2.24, 2.45) is 0 Å². The summed E-state index contributed by atoms with van der Waals surface area (Å²) >= 11 is 3.05. The summed E-state index contributed by atoms with van der Waals surface area (Å²) in [4.78, 5) is 0. The van der Waals surface area contributed by atoms with Crippen LogP contribution in [0.3, 0.4) is 0 Å². The lowest BCUT2D eigenvalue weighted by Gasteiger charge is -2.13. The Hall–Kier alpha value is -1.62. The summed E-state index contributed by atoms with van der Waals surface area (Å²) in [5, 5.41) is 2.78. The predicted molar refractivity (Wildman–Crippen MR) is 79.1 cm³/mol. The maximum absolute atomic E-state index is 13.7. The largest absolute Gasteiger partial charge is 0.496 e. The molecule has 0 radical (unpaired) electrons. The fourth-order valence-electron chi connectivity index (χ4n) is 1.94. The first kappa shape index (κ1) is 14.8. The summed E-state index contributed by atoms with van der Waals surface area (Å²) in [7, 11) is 1.56. The Morgan fingerprint density at radius 1 is 1.15 bits per heavy atom. The molecule has 2 aromatic carbocycles. The van der Waals surface area contributed by atoms with Gasteiger partial charge in [0.2, 0.25) is 0 Å². The molecule has 0 aliphatic carbocycles. The Kier molecular flexibility index (Phi) is 4.60. The van der Waals surface area contributed by atoms with Crippen molar-refractivity contribution in [3.63, 3.8) is 0 Å². The van der Waals surface area contributed by atoms with Crippen LogP contribution >= 0.6 is 15.9 Å². The molecule has 106 valence electrons. The molecule has 0 saturated heterocycles. The second-order valence-corrected chi connectivity index (χ2v) is 5.33. The van der Waals surface area contributed by atoms with Gasteiger partial charge in [-0.15, -0.1) is 0 Å². The highest BCUT2D eigenvalue weighted by atomic mass is 79.9. The van der Waals surface area contributed by atoms with E-state index in [2.05, 4.69) is 21.2 Å². The molecule has 1 N–H and O–H groups in total. The van der Waals surface area contributed by atoms with Crippen LogP contribution in [0.25, 0.3) is 0 Å². The first-order valence-corrected chi connectivity index (χ1v) is 6.82. The van der Waals surface area contributed by atoms with Crippen molar-refractivity contribution in [2.75, 3.05) is 12.4 Å². The van der Waals surface area contributed by atoms with Crippen LogP contribution in [0.1, 0.15) is 11.1 Å². The number of benzene rings is 2. The second-order valence-electron chi connectivity index (χ2n) is 4.41. The lowest BCUT2D eigenvalue weighted by Crippen LogP contribution is -2.05. The van der Waals surface area contributed by atoms with Gasteiger partial charge in [0.15, 0.2) is 0 Å². The summed E-state index contributed by atoms with van der Waals surface area (Å²) in [5.41, 5.74) is 1.75. The minimum atomic E-state index is -0.636. The number of rotatable bonds is 4. The fraction of sp³-hybridized carbons (Fsp3) is 0.200. The van der Waals surface area contributed by atoms with E-state index in [1.807, 2.05) is 25.1 Å². The van der Waals surface area contributed by atoms with Gasteiger partial charge in [-0.05, 0) is 25.1 Å². The maximum atomic E-state index is 13.7. The number of methoxy groups -OCH3 is 1. The van der Waals surface area contributed by atoms with Crippen molar-refractivity contribution in [3.8, 4) is 5.75 Å². The van der Waals surface area contributed by atoms with Gasteiger partial charge in [0, 0.05) is 16.6 Å². The molecular weight excluding hydrogens is 328 g/mol. The van der Waals surface area contributed by atoms with E-state index >= 15 is 0 Å². The minimum Gasteiger partial charge on any atom is -0.496 e. The van der Waals surface area contributed by atoms with E-state index in [-0.39, 0.29) is 12.2 Å². The topological polar surface area (TPSA) is 21.3 Å². The molecule has 2 rings (SSSR count). The molecule has 0 spiro atoms. The summed E-state index contributed by atoms with van der Waals surface area (Å²) < 4.78 is 33.0. The summed E-state index contributed by atoms with van der Waals surface area (Å²) in [6.07, 6.45) is 0. The van der Waals surface area contributed by atoms with Crippen LogP contribution in [-0.2, 0) is 6.54 Å². The summed E-state index contributed by atoms with van der Waals surface area (Å²) in [5.74, 6) is -0.590. The highest BCUT2D eigenvalue weighted by molar-refractivity contribution is 9.10. The van der Waals surface area contributed by atoms with Gasteiger partial charge in [-0.1, -0.05) is 33.6 Å². The van der Waals surface area contributed by atoms with E-state index in [0.29, 0.717) is 10.2 Å². The first-order chi connectivity index (χ1) is 9.51. The molecule has 0 aliphatic rings. The summed E-state index contributed by atoms with van der Waals surface area (Å²) in [6, 6.07) is 8.11. The van der Waals surface area contributed by atoms with Crippen molar-refractivity contribution in [2.45, 2.75) is 13.5 Å². The zero-order valence-electron chi connectivity index (χ0n) is 11.1. The van der Waals surface area contributed by atoms with E-state index in [1.165, 1.54) is 12.1 Å². The third-order valence-electron chi connectivity index (χ3n) is 2.90. The van der Waals surface area contributed by atoms with E-state index < -0.39 is 11.6 Å². The molecule has 5 heteroatoms. The molecule has 2 aromatic rings. The predicted octanol–water partition coefficient (Wildman–Crippen LogP) is 4.66. The Balaban J connectivity index is 2.23. The third-order valence-corrected chi connectivity index (χ3v) is 3.36. The zero-order valence-corrected chi connectivity index (χ0v) is 12.7. The van der Waals surface area contributed by atoms with Crippen molar-refractivity contribution in [1.29, 1.82) is 0 Å². The van der Waals surface area contributed by atoms with Gasteiger partial charge in [-0.25, -0.2) is 8.78 Å². The van der Waals surface area contributed by atoms with Crippen LogP contribution in [0.4, 0.5) is 14.5 Å². The van der Waals surface area contributed by atoms with Crippen LogP contribution in [0.2, 0.25) is 0 Å². The van der Waals surface area contributed by atoms with E-state index in [9.17, 15) is 8.78 Å². The van der Waals surface area contributed by atoms with Gasteiger partial charge in [-0.3, -0.25) is 0 Å². The molecule has 2 nitrogen and oxygen atoms in total. The fourth-order valence-corrected chi connectivity index (χ4v) is 2.34. The number of aryl methyl sites for hydroxylation is 1. The Labute approximate surface area is 124 Å². The Bertz CT molecular complexity index is 608. The number of hydrogen-bond acceptors (Lipinski definition) is 2. The molecule has 0 bridgehead atoms. The minimum absolute atomic E-state index is 0.142. The first-order valence-electron chi connectivity index (χ1n) is 6.03. The van der Waals surface area contributed by atoms with Gasteiger partial charge in [-0.2, -0.15) is 0 Å². The molecule has 0 aromatic heterocycles. The average molecular weight is 342 g/mol. The Morgan fingerprint density at radius 2 is 1.80 bits per heavy atom. The number of nitrogens with one attached hydrogen (secondary N) is 1. The normalized spacial score (nSPS) is 10.4. The molecule has 0 atom stereocenters. The molecule has 0 heterocycles. The molecule has 0 amide bonds. The van der Waals surface area contributed by atoms with Crippen LogP contribution in [0.15, 0.2) is 34.8 Å². The van der Waals surface area contributed by atoms with Crippen LogP contribution in [0, 0.1) is 18.6 Å². The van der Waals surface area contributed by atoms with Gasteiger partial charge >= 0.3 is 0 Å². The smallest absolute Gasteiger partial charge is 0.150 e. The average Bonchev–Trinajstić information content (AvgIpc) is 2.37. The highest BCUT2D eigenvalue weighted by Gasteiger charge is 2.11. The van der Waals surface area contributed by atoms with Crippen molar-refractivity contribution >= 4 is 21.6 Å².